The molecule has 0 radical (unpaired) electrons. The van der Waals surface area contributed by atoms with Crippen LogP contribution in [0, 0.1) is 0 Å². The Bertz CT molecular complexity index is 848. The first-order valence-electron chi connectivity index (χ1n) is 8.84. The van der Waals surface area contributed by atoms with Crippen LogP contribution < -0.4 is 15.8 Å². The molecule has 14 heteroatoms. The van der Waals surface area contributed by atoms with Gasteiger partial charge in [0.2, 0.25) is 30.4 Å². The third-order valence-corrected chi connectivity index (χ3v) is 5.52. The fraction of sp³-hybridized carbons (Fsp3) is 0.667. The van der Waals surface area contributed by atoms with E-state index in [1.54, 1.807) is 0 Å². The molecule has 4 rings (SSSR count). The zero-order valence-corrected chi connectivity index (χ0v) is 14.9. The number of aliphatic hydroxyl groups is 6. The smallest absolute Gasteiger partial charge is 0.284 e. The van der Waals surface area contributed by atoms with Crippen molar-refractivity contribution < 1.29 is 40.1 Å². The predicted molar refractivity (Wildman–Crippen MR) is 94.7 cm³/mol. The lowest BCUT2D eigenvalue weighted by Gasteiger charge is -2.40. The Morgan fingerprint density at radius 1 is 1.00 bits per heavy atom. The van der Waals surface area contributed by atoms with Crippen molar-refractivity contribution in [2.75, 3.05) is 18.9 Å². The molecule has 29 heavy (non-hydrogen) atoms. The lowest BCUT2D eigenvalue weighted by atomic mass is 10.1. The first-order chi connectivity index (χ1) is 13.8. The maximum atomic E-state index is 12.3. The van der Waals surface area contributed by atoms with E-state index in [-0.39, 0.29) is 17.5 Å². The Labute approximate surface area is 162 Å². The molecule has 2 saturated heterocycles. The van der Waals surface area contributed by atoms with Crippen LogP contribution in [0.4, 0.5) is 17.5 Å². The highest BCUT2D eigenvalue weighted by molar-refractivity contribution is 5.87. The number of ether oxygens (including phenoxy) is 2. The van der Waals surface area contributed by atoms with Crippen LogP contribution in [-0.2, 0) is 9.47 Å². The van der Waals surface area contributed by atoms with Gasteiger partial charge in [-0.1, -0.05) is 0 Å². The maximum absolute atomic E-state index is 12.3. The number of hydrogen-bond donors (Lipinski definition) is 8. The number of aliphatic hydroxyl groups excluding tert-OH is 6. The molecule has 0 bridgehead atoms. The van der Waals surface area contributed by atoms with E-state index in [9.17, 15) is 35.4 Å². The quantitative estimate of drug-likeness (QED) is 0.217. The Hall–Kier alpha value is -2.01. The fourth-order valence-electron chi connectivity index (χ4n) is 4.05. The topological polar surface area (TPSA) is 224 Å². The number of nitrogens with zero attached hydrogens (tertiary/aromatic N) is 3. The zero-order valence-electron chi connectivity index (χ0n) is 14.9. The van der Waals surface area contributed by atoms with Crippen LogP contribution in [-0.4, -0.2) is 109 Å². The van der Waals surface area contributed by atoms with Crippen molar-refractivity contribution >= 4 is 23.8 Å². The number of H-pyrrole nitrogens is 1. The van der Waals surface area contributed by atoms with Crippen LogP contribution in [0.15, 0.2) is 9.79 Å². The summed E-state index contributed by atoms with van der Waals surface area (Å²) >= 11 is 0. The second-order valence-electron chi connectivity index (χ2n) is 7.16. The van der Waals surface area contributed by atoms with Gasteiger partial charge in [-0.2, -0.15) is 14.5 Å². The Morgan fingerprint density at radius 2 is 1.52 bits per heavy atom. The molecule has 0 aromatic carbocycles. The molecule has 9 atom stereocenters. The SMILES string of the molecule is Nc1nc2c(c(=O)[nH]1)N=C[N+]2([C@@H]1O[C@H](CO)[C@@H](O)[C@H]1O)[C@@H]1O[C@H](CO)[C@@H](O)[C@@H]1O. The standard InChI is InChI=1S/C15H21N5O9/c16-15-18-11-6(12(27)19-15)17-3-20(11,13-9(25)7(23)4(1-21)28-13)14-10(26)8(24)5(2-22)29-14/h3-5,7-10,13-14,21-26H,1-2H2,(H2-,16,18,19,27)/p+1/t4-,5-,7-,8-,9-,10+,13-,14-,20?/m1/s1. The minimum Gasteiger partial charge on any atom is -0.394 e. The van der Waals surface area contributed by atoms with Gasteiger partial charge < -0.3 is 45.8 Å². The highest BCUT2D eigenvalue weighted by Gasteiger charge is 2.66. The molecule has 14 nitrogen and oxygen atoms in total. The van der Waals surface area contributed by atoms with Crippen LogP contribution >= 0.6 is 0 Å². The highest BCUT2D eigenvalue weighted by Crippen LogP contribution is 2.45. The highest BCUT2D eigenvalue weighted by atomic mass is 16.6. The number of aliphatic imine (C=N–C) groups is 1. The summed E-state index contributed by atoms with van der Waals surface area (Å²) in [7, 11) is 0. The summed E-state index contributed by atoms with van der Waals surface area (Å²) in [5, 5.41) is 60.6. The van der Waals surface area contributed by atoms with Crippen molar-refractivity contribution in [3.05, 3.63) is 10.4 Å². The van der Waals surface area contributed by atoms with Crippen LogP contribution in [0.2, 0.25) is 0 Å². The predicted octanol–water partition coefficient (Wildman–Crippen LogP) is -4.79. The molecule has 3 aliphatic heterocycles. The summed E-state index contributed by atoms with van der Waals surface area (Å²) < 4.78 is 10.4. The second kappa shape index (κ2) is 7.05. The largest absolute Gasteiger partial charge is 0.394 e. The normalized spacial score (nSPS) is 43.8. The molecule has 9 N–H and O–H groups in total. The van der Waals surface area contributed by atoms with Gasteiger partial charge in [0, 0.05) is 0 Å². The molecule has 0 aliphatic carbocycles. The monoisotopic (exact) mass is 416 g/mol. The van der Waals surface area contributed by atoms with E-state index in [1.165, 1.54) is 0 Å². The van der Waals surface area contributed by atoms with E-state index in [0.29, 0.717) is 0 Å². The number of rotatable bonds is 4. The number of anilines is 1. The van der Waals surface area contributed by atoms with Gasteiger partial charge in [0.1, 0.15) is 24.4 Å². The average Bonchev–Trinajstić information content (AvgIpc) is 3.30. The van der Waals surface area contributed by atoms with Gasteiger partial charge >= 0.3 is 0 Å². The van der Waals surface area contributed by atoms with E-state index in [0.717, 1.165) is 6.34 Å². The summed E-state index contributed by atoms with van der Waals surface area (Å²) in [4.78, 5) is 22.7. The summed E-state index contributed by atoms with van der Waals surface area (Å²) in [6.07, 6.45) is -10.4. The van der Waals surface area contributed by atoms with E-state index in [4.69, 9.17) is 15.2 Å². The molecule has 1 aromatic rings. The Kier molecular flexibility index (Phi) is 4.93. The molecule has 0 amide bonds. The number of nitrogens with one attached hydrogen (secondary N) is 1. The number of nitrogens with two attached hydrogens (primary N) is 1. The van der Waals surface area contributed by atoms with Gasteiger partial charge in [0.15, 0.2) is 12.2 Å². The third kappa shape index (κ3) is 2.73. The Morgan fingerprint density at radius 3 is 1.97 bits per heavy atom. The zero-order chi connectivity index (χ0) is 21.1. The number of aromatic amines is 1. The number of hydrogen-bond acceptors (Lipinski definition) is 12. The molecule has 1 unspecified atom stereocenters. The summed E-state index contributed by atoms with van der Waals surface area (Å²) in [5.41, 5.74) is 4.76. The van der Waals surface area contributed by atoms with Gasteiger partial charge in [0.25, 0.3) is 11.4 Å². The number of quaternary nitrogens is 1. The average molecular weight is 416 g/mol. The fourth-order valence-corrected chi connectivity index (χ4v) is 4.05. The molecule has 4 heterocycles. The maximum Gasteiger partial charge on any atom is 0.284 e. The Balaban J connectivity index is 1.90. The number of fused-ring (bicyclic) bond motifs is 1. The van der Waals surface area contributed by atoms with Crippen LogP contribution in [0.5, 0.6) is 0 Å². The molecular formula is C15H22N5O9+. The summed E-state index contributed by atoms with van der Waals surface area (Å²) in [6.45, 7) is -1.25. The van der Waals surface area contributed by atoms with E-state index in [1.807, 2.05) is 0 Å². The summed E-state index contributed by atoms with van der Waals surface area (Å²) in [5.74, 6) is -0.448. The van der Waals surface area contributed by atoms with Crippen LogP contribution in [0.1, 0.15) is 0 Å². The summed E-state index contributed by atoms with van der Waals surface area (Å²) in [6, 6.07) is 0. The molecule has 0 spiro atoms. The van der Waals surface area contributed by atoms with Crippen LogP contribution in [0.25, 0.3) is 0 Å². The lowest BCUT2D eigenvalue weighted by Crippen LogP contribution is -2.68. The van der Waals surface area contributed by atoms with Crippen molar-refractivity contribution in [1.29, 1.82) is 0 Å². The first-order valence-corrected chi connectivity index (χ1v) is 8.84. The molecular weight excluding hydrogens is 394 g/mol. The molecule has 160 valence electrons. The van der Waals surface area contributed by atoms with Gasteiger partial charge in [-0.05, 0) is 0 Å². The van der Waals surface area contributed by atoms with E-state index in [2.05, 4.69) is 15.0 Å². The lowest BCUT2D eigenvalue weighted by molar-refractivity contribution is -0.147. The second-order valence-corrected chi connectivity index (χ2v) is 7.16. The number of nitrogen functional groups attached to an aromatic ring is 1. The third-order valence-electron chi connectivity index (χ3n) is 5.52. The van der Waals surface area contributed by atoms with Gasteiger partial charge in [-0.25, -0.2) is 0 Å². The molecule has 2 fully saturated rings. The minimum atomic E-state index is -1.62. The van der Waals surface area contributed by atoms with Crippen molar-refractivity contribution in [2.24, 2.45) is 4.99 Å². The van der Waals surface area contributed by atoms with Crippen molar-refractivity contribution in [1.82, 2.24) is 14.5 Å². The van der Waals surface area contributed by atoms with Crippen LogP contribution in [0.3, 0.4) is 0 Å². The molecule has 3 aliphatic rings. The van der Waals surface area contributed by atoms with Crippen molar-refractivity contribution in [3.8, 4) is 0 Å². The number of aromatic nitrogens is 2. The van der Waals surface area contributed by atoms with Crippen molar-refractivity contribution in [2.45, 2.75) is 49.1 Å². The van der Waals surface area contributed by atoms with Gasteiger partial charge in [0.05, 0.1) is 13.2 Å². The molecule has 0 saturated carbocycles. The van der Waals surface area contributed by atoms with Crippen molar-refractivity contribution in [3.63, 3.8) is 0 Å². The van der Waals surface area contributed by atoms with E-state index >= 15 is 0 Å². The first kappa shape index (κ1) is 20.3. The van der Waals surface area contributed by atoms with Gasteiger partial charge in [-0.3, -0.25) is 9.78 Å². The molecule has 1 aromatic heterocycles. The minimum absolute atomic E-state index is 0.157. The van der Waals surface area contributed by atoms with Gasteiger partial charge in [-0.15, -0.1) is 0 Å². The van der Waals surface area contributed by atoms with E-state index < -0.39 is 72.3 Å².